The van der Waals surface area contributed by atoms with Crippen molar-refractivity contribution in [2.45, 2.75) is 17.7 Å². The van der Waals surface area contributed by atoms with Crippen molar-refractivity contribution in [3.8, 4) is 0 Å². The number of amides is 1. The Bertz CT molecular complexity index is 879. The zero-order chi connectivity index (χ0) is 17.3. The predicted molar refractivity (Wildman–Crippen MR) is 88.8 cm³/mol. The summed E-state index contributed by atoms with van der Waals surface area (Å²) in [7, 11) is -1.91. The van der Waals surface area contributed by atoms with Crippen molar-refractivity contribution in [1.82, 2.24) is 4.72 Å². The van der Waals surface area contributed by atoms with Crippen LogP contribution in [0.5, 0.6) is 0 Å². The minimum Gasteiger partial charge on any atom is -0.315 e. The fourth-order valence-corrected chi connectivity index (χ4v) is 3.74. The van der Waals surface area contributed by atoms with Crippen LogP contribution in [-0.2, 0) is 27.7 Å². The van der Waals surface area contributed by atoms with Gasteiger partial charge in [0.2, 0.25) is 15.9 Å². The van der Waals surface area contributed by atoms with Crippen molar-refractivity contribution in [1.29, 1.82) is 0 Å². The zero-order valence-electron chi connectivity index (χ0n) is 13.1. The van der Waals surface area contributed by atoms with E-state index in [2.05, 4.69) is 4.72 Å². The van der Waals surface area contributed by atoms with Gasteiger partial charge in [0, 0.05) is 19.3 Å². The number of rotatable bonds is 5. The van der Waals surface area contributed by atoms with Gasteiger partial charge in [-0.3, -0.25) is 4.79 Å². The zero-order valence-corrected chi connectivity index (χ0v) is 13.9. The number of fused-ring (bicyclic) bond motifs is 1. The van der Waals surface area contributed by atoms with Gasteiger partial charge in [-0.15, -0.1) is 0 Å². The Hall–Kier alpha value is -2.25. The van der Waals surface area contributed by atoms with Gasteiger partial charge in [-0.1, -0.05) is 12.1 Å². The molecule has 1 aliphatic rings. The molecule has 2 aromatic rings. The molecule has 2 aromatic carbocycles. The summed E-state index contributed by atoms with van der Waals surface area (Å²) in [5.74, 6) is -0.425. The fraction of sp³-hybridized carbons (Fsp3) is 0.235. The first-order valence-corrected chi connectivity index (χ1v) is 8.99. The molecule has 0 saturated heterocycles. The number of hydrogen-bond acceptors (Lipinski definition) is 3. The SMILES string of the molecule is CN1C(=O)Cc2cc(CCNS(=O)(=O)c3ccc(F)cc3)ccc21. The first-order valence-electron chi connectivity index (χ1n) is 7.50. The molecular weight excluding hydrogens is 331 g/mol. The first-order chi connectivity index (χ1) is 11.4. The van der Waals surface area contributed by atoms with Crippen molar-refractivity contribution in [3.63, 3.8) is 0 Å². The van der Waals surface area contributed by atoms with Gasteiger partial charge in [0.15, 0.2) is 0 Å². The molecular formula is C17H17FN2O3S. The minimum absolute atomic E-state index is 0.0325. The van der Waals surface area contributed by atoms with E-state index in [1.165, 1.54) is 12.1 Å². The van der Waals surface area contributed by atoms with E-state index in [1.807, 2.05) is 18.2 Å². The second kappa shape index (κ2) is 6.33. The summed E-state index contributed by atoms with van der Waals surface area (Å²) in [6.07, 6.45) is 0.882. The molecule has 0 spiro atoms. The normalized spacial score (nSPS) is 14.1. The molecule has 0 radical (unpaired) electrons. The Balaban J connectivity index is 1.64. The van der Waals surface area contributed by atoms with Crippen LogP contribution >= 0.6 is 0 Å². The summed E-state index contributed by atoms with van der Waals surface area (Å²) in [5.41, 5.74) is 2.82. The van der Waals surface area contributed by atoms with Crippen LogP contribution in [0.15, 0.2) is 47.4 Å². The highest BCUT2D eigenvalue weighted by Crippen LogP contribution is 2.28. The van der Waals surface area contributed by atoms with Crippen molar-refractivity contribution >= 4 is 21.6 Å². The van der Waals surface area contributed by atoms with E-state index in [4.69, 9.17) is 0 Å². The maximum Gasteiger partial charge on any atom is 0.240 e. The van der Waals surface area contributed by atoms with Crippen molar-refractivity contribution in [2.75, 3.05) is 18.5 Å². The largest absolute Gasteiger partial charge is 0.315 e. The van der Waals surface area contributed by atoms with Crippen molar-refractivity contribution < 1.29 is 17.6 Å². The molecule has 0 bridgehead atoms. The number of nitrogens with zero attached hydrogens (tertiary/aromatic N) is 1. The molecule has 1 amide bonds. The lowest BCUT2D eigenvalue weighted by molar-refractivity contribution is -0.117. The second-order valence-electron chi connectivity index (χ2n) is 5.69. The van der Waals surface area contributed by atoms with Gasteiger partial charge < -0.3 is 4.90 Å². The number of hydrogen-bond donors (Lipinski definition) is 1. The van der Waals surface area contributed by atoms with Crippen LogP contribution in [-0.4, -0.2) is 27.9 Å². The van der Waals surface area contributed by atoms with E-state index in [0.29, 0.717) is 12.8 Å². The van der Waals surface area contributed by atoms with Crippen LogP contribution in [0.3, 0.4) is 0 Å². The molecule has 1 heterocycles. The van der Waals surface area contributed by atoms with E-state index >= 15 is 0 Å². The Morgan fingerprint density at radius 3 is 2.58 bits per heavy atom. The number of anilines is 1. The number of nitrogens with one attached hydrogen (secondary N) is 1. The van der Waals surface area contributed by atoms with Gasteiger partial charge in [-0.05, 0) is 47.9 Å². The summed E-state index contributed by atoms with van der Waals surface area (Å²) in [6, 6.07) is 10.4. The summed E-state index contributed by atoms with van der Waals surface area (Å²) in [4.78, 5) is 13.3. The molecule has 0 atom stereocenters. The molecule has 0 fully saturated rings. The summed E-state index contributed by atoms with van der Waals surface area (Å²) < 4.78 is 39.6. The lowest BCUT2D eigenvalue weighted by Gasteiger charge is -2.11. The summed E-state index contributed by atoms with van der Waals surface area (Å²) >= 11 is 0. The number of halogens is 1. The number of carbonyl (C=O) groups excluding carboxylic acids is 1. The van der Waals surface area contributed by atoms with Crippen LogP contribution in [0.2, 0.25) is 0 Å². The van der Waals surface area contributed by atoms with Gasteiger partial charge in [0.05, 0.1) is 11.3 Å². The number of carbonyl (C=O) groups is 1. The molecule has 1 N–H and O–H groups in total. The molecule has 7 heteroatoms. The molecule has 0 saturated carbocycles. The smallest absolute Gasteiger partial charge is 0.240 e. The van der Waals surface area contributed by atoms with Gasteiger partial charge >= 0.3 is 0 Å². The third-order valence-electron chi connectivity index (χ3n) is 4.05. The average Bonchev–Trinajstić information content (AvgIpc) is 2.82. The molecule has 24 heavy (non-hydrogen) atoms. The van der Waals surface area contributed by atoms with E-state index in [0.717, 1.165) is 28.9 Å². The highest BCUT2D eigenvalue weighted by Gasteiger charge is 2.23. The fourth-order valence-electron chi connectivity index (χ4n) is 2.71. The lowest BCUT2D eigenvalue weighted by atomic mass is 10.1. The summed E-state index contributed by atoms with van der Waals surface area (Å²) in [6.45, 7) is 0.224. The van der Waals surface area contributed by atoms with E-state index in [-0.39, 0.29) is 17.3 Å². The van der Waals surface area contributed by atoms with Crippen LogP contribution in [0.1, 0.15) is 11.1 Å². The molecule has 1 aliphatic heterocycles. The highest BCUT2D eigenvalue weighted by atomic mass is 32.2. The standard InChI is InChI=1S/C17H17FN2O3S/c1-20-16-7-2-12(10-13(16)11-17(20)21)8-9-19-24(22,23)15-5-3-14(18)4-6-15/h2-7,10,19H,8-9,11H2,1H3. The topological polar surface area (TPSA) is 66.5 Å². The van der Waals surface area contributed by atoms with Crippen LogP contribution in [0.25, 0.3) is 0 Å². The second-order valence-corrected chi connectivity index (χ2v) is 7.46. The van der Waals surface area contributed by atoms with Gasteiger partial charge in [-0.25, -0.2) is 17.5 Å². The minimum atomic E-state index is -3.66. The Kier molecular flexibility index (Phi) is 4.38. The molecule has 3 rings (SSSR count). The predicted octanol–water partition coefficient (Wildman–Crippen LogP) is 1.87. The molecule has 5 nitrogen and oxygen atoms in total. The number of likely N-dealkylation sites (N-methyl/N-ethyl adjacent to an activating group) is 1. The molecule has 0 aromatic heterocycles. The highest BCUT2D eigenvalue weighted by molar-refractivity contribution is 7.89. The maximum absolute atomic E-state index is 12.9. The van der Waals surface area contributed by atoms with Gasteiger partial charge in [-0.2, -0.15) is 0 Å². The third-order valence-corrected chi connectivity index (χ3v) is 5.53. The van der Waals surface area contributed by atoms with E-state index < -0.39 is 15.8 Å². The van der Waals surface area contributed by atoms with Crippen LogP contribution in [0.4, 0.5) is 10.1 Å². The number of benzene rings is 2. The maximum atomic E-state index is 12.9. The number of sulfonamides is 1. The van der Waals surface area contributed by atoms with E-state index in [9.17, 15) is 17.6 Å². The lowest BCUT2D eigenvalue weighted by Crippen LogP contribution is -2.26. The summed E-state index contributed by atoms with van der Waals surface area (Å²) in [5, 5.41) is 0. The first kappa shape index (κ1) is 16.6. The molecule has 126 valence electrons. The third kappa shape index (κ3) is 3.32. The van der Waals surface area contributed by atoms with Crippen molar-refractivity contribution in [2.24, 2.45) is 0 Å². The van der Waals surface area contributed by atoms with E-state index in [1.54, 1.807) is 11.9 Å². The van der Waals surface area contributed by atoms with Crippen LogP contribution < -0.4 is 9.62 Å². The average molecular weight is 348 g/mol. The Morgan fingerprint density at radius 2 is 1.88 bits per heavy atom. The van der Waals surface area contributed by atoms with Crippen LogP contribution in [0, 0.1) is 5.82 Å². The Labute approximate surface area is 140 Å². The molecule has 0 aliphatic carbocycles. The van der Waals surface area contributed by atoms with Crippen molar-refractivity contribution in [3.05, 3.63) is 59.4 Å². The molecule has 0 unspecified atom stereocenters. The quantitative estimate of drug-likeness (QED) is 0.897. The Morgan fingerprint density at radius 1 is 1.17 bits per heavy atom. The monoisotopic (exact) mass is 348 g/mol. The van der Waals surface area contributed by atoms with Gasteiger partial charge in [0.1, 0.15) is 5.82 Å². The van der Waals surface area contributed by atoms with Gasteiger partial charge in [0.25, 0.3) is 0 Å².